The van der Waals surface area contributed by atoms with Gasteiger partial charge in [-0.25, -0.2) is 21.6 Å². The number of benzene rings is 1. The van der Waals surface area contributed by atoms with Crippen LogP contribution < -0.4 is 5.32 Å². The van der Waals surface area contributed by atoms with Crippen molar-refractivity contribution in [3.05, 3.63) is 29.6 Å². The Kier molecular flexibility index (Phi) is 8.21. The second-order valence-corrected chi connectivity index (χ2v) is 9.01. The lowest BCUT2D eigenvalue weighted by atomic mass is 10.2. The molecule has 2 rings (SSSR count). The van der Waals surface area contributed by atoms with Crippen LogP contribution in [0.15, 0.2) is 12.1 Å². The Labute approximate surface area is 173 Å². The topological polar surface area (TPSA) is 90.0 Å². The highest BCUT2D eigenvalue weighted by atomic mass is 32.2. The number of amides is 2. The van der Waals surface area contributed by atoms with Gasteiger partial charge in [-0.3, -0.25) is 14.5 Å². The number of nitrogens with one attached hydrogen (secondary N) is 1. The number of nitrogens with zero attached hydrogens (tertiary/aromatic N) is 3. The van der Waals surface area contributed by atoms with Gasteiger partial charge in [0, 0.05) is 26.2 Å². The van der Waals surface area contributed by atoms with Gasteiger partial charge in [0.1, 0.15) is 0 Å². The standard InChI is InChI=1S/C18H25F3N4O4S/c1-3-6-23(11-15(26)22-14-5-4-13(19)17(20)18(14)21)12-16(27)24-7-9-25(10-8-24)30(2,28)29/h4-5H,3,6-12H2,1-2H3,(H,22,26). The number of carbonyl (C=O) groups excluding carboxylic acids is 2. The summed E-state index contributed by atoms with van der Waals surface area (Å²) in [4.78, 5) is 27.9. The number of sulfonamides is 1. The maximum Gasteiger partial charge on any atom is 0.238 e. The van der Waals surface area contributed by atoms with E-state index in [4.69, 9.17) is 0 Å². The highest BCUT2D eigenvalue weighted by Crippen LogP contribution is 2.19. The molecule has 1 aromatic rings. The molecule has 0 spiro atoms. The lowest BCUT2D eigenvalue weighted by molar-refractivity contribution is -0.134. The van der Waals surface area contributed by atoms with Crippen molar-refractivity contribution >= 4 is 27.5 Å². The minimum atomic E-state index is -3.31. The van der Waals surface area contributed by atoms with Crippen molar-refractivity contribution in [3.8, 4) is 0 Å². The summed E-state index contributed by atoms with van der Waals surface area (Å²) >= 11 is 0. The van der Waals surface area contributed by atoms with Gasteiger partial charge in [-0.15, -0.1) is 0 Å². The van der Waals surface area contributed by atoms with E-state index in [1.54, 1.807) is 4.90 Å². The Hall–Kier alpha value is -2.18. The van der Waals surface area contributed by atoms with Crippen molar-refractivity contribution in [1.29, 1.82) is 0 Å². The monoisotopic (exact) mass is 450 g/mol. The minimum Gasteiger partial charge on any atom is -0.339 e. The highest BCUT2D eigenvalue weighted by Gasteiger charge is 2.27. The van der Waals surface area contributed by atoms with Crippen molar-refractivity contribution < 1.29 is 31.2 Å². The van der Waals surface area contributed by atoms with Gasteiger partial charge in [-0.2, -0.15) is 4.31 Å². The molecule has 168 valence electrons. The predicted octanol–water partition coefficient (Wildman–Crippen LogP) is 0.858. The third kappa shape index (κ3) is 6.41. The number of rotatable bonds is 8. The van der Waals surface area contributed by atoms with Gasteiger partial charge in [0.25, 0.3) is 0 Å². The number of anilines is 1. The fourth-order valence-electron chi connectivity index (χ4n) is 3.11. The second kappa shape index (κ2) is 10.2. The third-order valence-electron chi connectivity index (χ3n) is 4.64. The lowest BCUT2D eigenvalue weighted by Crippen LogP contribution is -2.52. The molecule has 1 aliphatic heterocycles. The molecule has 8 nitrogen and oxygen atoms in total. The highest BCUT2D eigenvalue weighted by molar-refractivity contribution is 7.88. The summed E-state index contributed by atoms with van der Waals surface area (Å²) in [6.07, 6.45) is 1.75. The van der Waals surface area contributed by atoms with E-state index in [9.17, 15) is 31.2 Å². The zero-order valence-corrected chi connectivity index (χ0v) is 17.6. The van der Waals surface area contributed by atoms with E-state index in [0.29, 0.717) is 19.0 Å². The Morgan fingerprint density at radius 1 is 1.07 bits per heavy atom. The van der Waals surface area contributed by atoms with E-state index >= 15 is 0 Å². The van der Waals surface area contributed by atoms with E-state index in [0.717, 1.165) is 12.3 Å². The molecule has 1 aliphatic rings. The number of hydrogen-bond donors (Lipinski definition) is 1. The molecule has 0 unspecified atom stereocenters. The quantitative estimate of drug-likeness (QED) is 0.594. The molecule has 0 aliphatic carbocycles. The average molecular weight is 450 g/mol. The first-order valence-corrected chi connectivity index (χ1v) is 11.3. The summed E-state index contributed by atoms with van der Waals surface area (Å²) in [5.74, 6) is -5.47. The van der Waals surface area contributed by atoms with Gasteiger partial charge >= 0.3 is 0 Å². The van der Waals surface area contributed by atoms with Crippen molar-refractivity contribution in [2.24, 2.45) is 0 Å². The van der Waals surface area contributed by atoms with Gasteiger partial charge in [0.2, 0.25) is 21.8 Å². The van der Waals surface area contributed by atoms with E-state index in [-0.39, 0.29) is 45.2 Å². The SMILES string of the molecule is CCCN(CC(=O)Nc1ccc(F)c(F)c1F)CC(=O)N1CCN(S(C)(=O)=O)CC1. The molecule has 0 bridgehead atoms. The first-order valence-electron chi connectivity index (χ1n) is 9.41. The normalized spacial score (nSPS) is 15.5. The van der Waals surface area contributed by atoms with Crippen molar-refractivity contribution in [3.63, 3.8) is 0 Å². The van der Waals surface area contributed by atoms with Gasteiger partial charge < -0.3 is 10.2 Å². The summed E-state index contributed by atoms with van der Waals surface area (Å²) in [6.45, 7) is 2.83. The van der Waals surface area contributed by atoms with E-state index < -0.39 is 39.1 Å². The van der Waals surface area contributed by atoms with Crippen LogP contribution in [-0.2, 0) is 19.6 Å². The van der Waals surface area contributed by atoms with Crippen LogP contribution in [0.3, 0.4) is 0 Å². The maximum absolute atomic E-state index is 13.7. The maximum atomic E-state index is 13.7. The number of piperazine rings is 1. The van der Waals surface area contributed by atoms with Crippen LogP contribution in [0.4, 0.5) is 18.9 Å². The number of halogens is 3. The molecule has 0 saturated carbocycles. The van der Waals surface area contributed by atoms with E-state index in [1.165, 1.54) is 9.21 Å². The van der Waals surface area contributed by atoms with Gasteiger partial charge in [-0.1, -0.05) is 6.92 Å². The third-order valence-corrected chi connectivity index (χ3v) is 5.94. The zero-order valence-electron chi connectivity index (χ0n) is 16.8. The minimum absolute atomic E-state index is 0.0829. The van der Waals surface area contributed by atoms with Crippen LogP contribution in [0.5, 0.6) is 0 Å². The first-order chi connectivity index (χ1) is 14.0. The molecule has 1 N–H and O–H groups in total. The molecule has 0 atom stereocenters. The molecular weight excluding hydrogens is 425 g/mol. The molecule has 30 heavy (non-hydrogen) atoms. The molecule has 12 heteroatoms. The number of hydrogen-bond acceptors (Lipinski definition) is 5. The van der Waals surface area contributed by atoms with Gasteiger partial charge in [-0.05, 0) is 25.1 Å². The Morgan fingerprint density at radius 3 is 2.27 bits per heavy atom. The van der Waals surface area contributed by atoms with Crippen LogP contribution in [0.25, 0.3) is 0 Å². The second-order valence-electron chi connectivity index (χ2n) is 7.02. The van der Waals surface area contributed by atoms with Crippen LogP contribution in [-0.4, -0.2) is 86.4 Å². The van der Waals surface area contributed by atoms with Crippen molar-refractivity contribution in [2.45, 2.75) is 13.3 Å². The molecule has 1 aromatic carbocycles. The number of carbonyl (C=O) groups is 2. The average Bonchev–Trinajstić information content (AvgIpc) is 2.68. The van der Waals surface area contributed by atoms with Crippen molar-refractivity contribution in [1.82, 2.24) is 14.1 Å². The van der Waals surface area contributed by atoms with Gasteiger partial charge in [0.15, 0.2) is 17.5 Å². The Bertz CT molecular complexity index is 890. The van der Waals surface area contributed by atoms with Crippen LogP contribution in [0, 0.1) is 17.5 Å². The first kappa shape index (κ1) is 24.1. The van der Waals surface area contributed by atoms with Gasteiger partial charge in [0.05, 0.1) is 25.0 Å². The van der Waals surface area contributed by atoms with Crippen LogP contribution in [0.2, 0.25) is 0 Å². The summed E-state index contributed by atoms with van der Waals surface area (Å²) < 4.78 is 64.4. The van der Waals surface area contributed by atoms with Crippen LogP contribution >= 0.6 is 0 Å². The molecular formula is C18H25F3N4O4S. The zero-order chi connectivity index (χ0) is 22.5. The smallest absolute Gasteiger partial charge is 0.238 e. The summed E-state index contributed by atoms with van der Waals surface area (Å²) in [6, 6.07) is 1.62. The predicted molar refractivity (Wildman–Crippen MR) is 105 cm³/mol. The Balaban J connectivity index is 1.93. The van der Waals surface area contributed by atoms with E-state index in [1.807, 2.05) is 6.92 Å². The molecule has 2 amide bonds. The molecule has 1 heterocycles. The fraction of sp³-hybridized carbons (Fsp3) is 0.556. The Morgan fingerprint density at radius 2 is 1.70 bits per heavy atom. The largest absolute Gasteiger partial charge is 0.339 e. The molecule has 1 saturated heterocycles. The summed E-state index contributed by atoms with van der Waals surface area (Å²) in [5.41, 5.74) is -0.487. The van der Waals surface area contributed by atoms with E-state index in [2.05, 4.69) is 5.32 Å². The van der Waals surface area contributed by atoms with Crippen molar-refractivity contribution in [2.75, 3.05) is 57.4 Å². The summed E-state index contributed by atoms with van der Waals surface area (Å²) in [7, 11) is -3.31. The molecule has 0 radical (unpaired) electrons. The van der Waals surface area contributed by atoms with Crippen LogP contribution in [0.1, 0.15) is 13.3 Å². The lowest BCUT2D eigenvalue weighted by Gasteiger charge is -2.34. The summed E-state index contributed by atoms with van der Waals surface area (Å²) in [5, 5.41) is 2.18. The molecule has 0 aromatic heterocycles. The molecule has 1 fully saturated rings. The fourth-order valence-corrected chi connectivity index (χ4v) is 3.93.